The number of carbonyl (C=O) groups is 1. The molecule has 0 radical (unpaired) electrons. The molecule has 1 aliphatic rings. The summed E-state index contributed by atoms with van der Waals surface area (Å²) in [6.45, 7) is 6.74. The van der Waals surface area contributed by atoms with E-state index in [1.165, 1.54) is 0 Å². The molecule has 0 fully saturated rings. The number of nitrogens with one attached hydrogen (secondary N) is 1. The minimum Gasteiger partial charge on any atom is -0.356 e. The minimum atomic E-state index is -0.0552. The van der Waals surface area contributed by atoms with E-state index in [9.17, 15) is 4.79 Å². The van der Waals surface area contributed by atoms with Gasteiger partial charge >= 0.3 is 0 Å². The fourth-order valence-electron chi connectivity index (χ4n) is 1.86. The summed E-state index contributed by atoms with van der Waals surface area (Å²) in [7, 11) is 0. The van der Waals surface area contributed by atoms with Gasteiger partial charge in [0, 0.05) is 10.0 Å². The molecular formula is C12H15BrN2O. The van der Waals surface area contributed by atoms with Crippen LogP contribution in [0.5, 0.6) is 0 Å². The van der Waals surface area contributed by atoms with Crippen molar-refractivity contribution in [2.45, 2.75) is 26.3 Å². The van der Waals surface area contributed by atoms with E-state index in [1.807, 2.05) is 18.2 Å². The number of rotatable bonds is 0. The molecule has 3 nitrogen and oxygen atoms in total. The first kappa shape index (κ1) is 11.5. The summed E-state index contributed by atoms with van der Waals surface area (Å²) in [6, 6.07) is 5.96. The second-order valence-corrected chi connectivity index (χ2v) is 5.88. The fourth-order valence-corrected chi connectivity index (χ4v) is 2.22. The lowest BCUT2D eigenvalue weighted by Gasteiger charge is -2.41. The van der Waals surface area contributed by atoms with Crippen molar-refractivity contribution in [3.8, 4) is 0 Å². The number of anilines is 2. The van der Waals surface area contributed by atoms with E-state index < -0.39 is 0 Å². The zero-order valence-electron chi connectivity index (χ0n) is 9.67. The molecule has 1 aromatic carbocycles. The number of carbonyl (C=O) groups excluding carboxylic acids is 1. The molecule has 4 heteroatoms. The molecule has 1 aromatic rings. The van der Waals surface area contributed by atoms with E-state index in [2.05, 4.69) is 46.9 Å². The standard InChI is InChI=1S/C12H15BrN2O/c1-12(2,3)15-7-11(16)14-9-6-8(13)4-5-10(9)15/h4-6H,7H2,1-3H3,(H,14,16). The number of halogens is 1. The van der Waals surface area contributed by atoms with Crippen LogP contribution in [0.2, 0.25) is 0 Å². The summed E-state index contributed by atoms with van der Waals surface area (Å²) < 4.78 is 0.974. The van der Waals surface area contributed by atoms with Crippen LogP contribution in [0.25, 0.3) is 0 Å². The SMILES string of the molecule is CC(C)(C)N1CC(=O)Nc2cc(Br)ccc21. The lowest BCUT2D eigenvalue weighted by atomic mass is 10.0. The minimum absolute atomic E-state index is 0.0422. The van der Waals surface area contributed by atoms with Crippen molar-refractivity contribution in [3.63, 3.8) is 0 Å². The summed E-state index contributed by atoms with van der Waals surface area (Å²) >= 11 is 3.41. The largest absolute Gasteiger partial charge is 0.356 e. The van der Waals surface area contributed by atoms with E-state index in [1.54, 1.807) is 0 Å². The second kappa shape index (κ2) is 3.77. The van der Waals surface area contributed by atoms with E-state index in [4.69, 9.17) is 0 Å². The predicted octanol–water partition coefficient (Wildman–Crippen LogP) is 3.01. The van der Waals surface area contributed by atoms with Crippen LogP contribution < -0.4 is 10.2 Å². The molecule has 0 unspecified atom stereocenters. The van der Waals surface area contributed by atoms with Crippen molar-refractivity contribution in [3.05, 3.63) is 22.7 Å². The van der Waals surface area contributed by atoms with Crippen LogP contribution in [0.15, 0.2) is 22.7 Å². The van der Waals surface area contributed by atoms with E-state index in [-0.39, 0.29) is 11.4 Å². The number of amides is 1. The van der Waals surface area contributed by atoms with Gasteiger partial charge in [0.25, 0.3) is 0 Å². The lowest BCUT2D eigenvalue weighted by Crippen LogP contribution is -2.48. The van der Waals surface area contributed by atoms with Crippen LogP contribution in [0, 0.1) is 0 Å². The Kier molecular flexibility index (Phi) is 2.70. The highest BCUT2D eigenvalue weighted by molar-refractivity contribution is 9.10. The molecule has 0 spiro atoms. The number of fused-ring (bicyclic) bond motifs is 1. The molecule has 0 saturated heterocycles. The summed E-state index contributed by atoms with van der Waals surface area (Å²) in [4.78, 5) is 13.7. The molecule has 0 aromatic heterocycles. The number of hydrogen-bond acceptors (Lipinski definition) is 2. The molecule has 0 bridgehead atoms. The number of nitrogens with zero attached hydrogens (tertiary/aromatic N) is 1. The van der Waals surface area contributed by atoms with Gasteiger partial charge in [-0.05, 0) is 39.0 Å². The highest BCUT2D eigenvalue weighted by Crippen LogP contribution is 2.35. The number of benzene rings is 1. The zero-order chi connectivity index (χ0) is 11.9. The Balaban J connectivity index is 2.50. The summed E-state index contributed by atoms with van der Waals surface area (Å²) in [6.07, 6.45) is 0. The second-order valence-electron chi connectivity index (χ2n) is 4.97. The van der Waals surface area contributed by atoms with Crippen molar-refractivity contribution in [2.75, 3.05) is 16.8 Å². The quantitative estimate of drug-likeness (QED) is 0.793. The Morgan fingerprint density at radius 1 is 1.38 bits per heavy atom. The van der Waals surface area contributed by atoms with Gasteiger partial charge in [0.2, 0.25) is 5.91 Å². The maximum absolute atomic E-state index is 11.6. The predicted molar refractivity (Wildman–Crippen MR) is 69.9 cm³/mol. The maximum Gasteiger partial charge on any atom is 0.243 e. The van der Waals surface area contributed by atoms with Crippen LogP contribution in [0.1, 0.15) is 20.8 Å². The van der Waals surface area contributed by atoms with Crippen LogP contribution in [0.4, 0.5) is 11.4 Å². The molecule has 1 N–H and O–H groups in total. The molecule has 86 valence electrons. The van der Waals surface area contributed by atoms with Gasteiger partial charge in [0.1, 0.15) is 0 Å². The van der Waals surface area contributed by atoms with E-state index in [0.717, 1.165) is 15.8 Å². The van der Waals surface area contributed by atoms with Crippen molar-refractivity contribution in [1.29, 1.82) is 0 Å². The molecule has 16 heavy (non-hydrogen) atoms. The van der Waals surface area contributed by atoms with Gasteiger partial charge in [0.15, 0.2) is 0 Å². The normalized spacial score (nSPS) is 15.8. The van der Waals surface area contributed by atoms with Gasteiger partial charge in [0.05, 0.1) is 17.9 Å². The average molecular weight is 283 g/mol. The molecule has 0 atom stereocenters. The highest BCUT2D eigenvalue weighted by Gasteiger charge is 2.29. The smallest absolute Gasteiger partial charge is 0.243 e. The van der Waals surface area contributed by atoms with E-state index in [0.29, 0.717) is 6.54 Å². The first-order chi connectivity index (χ1) is 7.38. The third kappa shape index (κ3) is 2.07. The van der Waals surface area contributed by atoms with E-state index >= 15 is 0 Å². The van der Waals surface area contributed by atoms with Crippen molar-refractivity contribution in [2.24, 2.45) is 0 Å². The van der Waals surface area contributed by atoms with Gasteiger partial charge < -0.3 is 10.2 Å². The number of hydrogen-bond donors (Lipinski definition) is 1. The average Bonchev–Trinajstić information content (AvgIpc) is 2.14. The Morgan fingerprint density at radius 3 is 2.69 bits per heavy atom. The summed E-state index contributed by atoms with van der Waals surface area (Å²) in [5.41, 5.74) is 1.90. The van der Waals surface area contributed by atoms with Gasteiger partial charge in [-0.25, -0.2) is 0 Å². The maximum atomic E-state index is 11.6. The first-order valence-electron chi connectivity index (χ1n) is 5.25. The third-order valence-electron chi connectivity index (χ3n) is 2.63. The van der Waals surface area contributed by atoms with Gasteiger partial charge in [-0.1, -0.05) is 15.9 Å². The monoisotopic (exact) mass is 282 g/mol. The van der Waals surface area contributed by atoms with Gasteiger partial charge in [-0.15, -0.1) is 0 Å². The van der Waals surface area contributed by atoms with Crippen LogP contribution in [0.3, 0.4) is 0 Å². The van der Waals surface area contributed by atoms with Crippen LogP contribution in [-0.2, 0) is 4.79 Å². The molecule has 1 aliphatic heterocycles. The summed E-state index contributed by atoms with van der Waals surface area (Å²) in [5, 5.41) is 2.89. The van der Waals surface area contributed by atoms with Gasteiger partial charge in [-0.3, -0.25) is 4.79 Å². The molecule has 0 aliphatic carbocycles. The molecule has 2 rings (SSSR count). The Morgan fingerprint density at radius 2 is 2.06 bits per heavy atom. The Hall–Kier alpha value is -1.03. The van der Waals surface area contributed by atoms with Gasteiger partial charge in [-0.2, -0.15) is 0 Å². The molecule has 1 heterocycles. The molecular weight excluding hydrogens is 268 g/mol. The van der Waals surface area contributed by atoms with Crippen LogP contribution >= 0.6 is 15.9 Å². The fraction of sp³-hybridized carbons (Fsp3) is 0.417. The molecule has 1 amide bonds. The van der Waals surface area contributed by atoms with Crippen molar-refractivity contribution >= 4 is 33.2 Å². The van der Waals surface area contributed by atoms with Crippen molar-refractivity contribution in [1.82, 2.24) is 0 Å². The zero-order valence-corrected chi connectivity index (χ0v) is 11.3. The topological polar surface area (TPSA) is 32.3 Å². The van der Waals surface area contributed by atoms with Crippen molar-refractivity contribution < 1.29 is 4.79 Å². The third-order valence-corrected chi connectivity index (χ3v) is 3.13. The lowest BCUT2D eigenvalue weighted by molar-refractivity contribution is -0.115. The Bertz CT molecular complexity index is 437. The Labute approximate surface area is 104 Å². The first-order valence-corrected chi connectivity index (χ1v) is 6.04. The van der Waals surface area contributed by atoms with Crippen LogP contribution in [-0.4, -0.2) is 18.0 Å². The molecule has 0 saturated carbocycles. The summed E-state index contributed by atoms with van der Waals surface area (Å²) in [5.74, 6) is 0.0422. The highest BCUT2D eigenvalue weighted by atomic mass is 79.9.